The number of benzene rings is 1. The molecule has 5 nitrogen and oxygen atoms in total. The Hall–Kier alpha value is -1.14. The first kappa shape index (κ1) is 19.9. The number of rotatable bonds is 6. The highest BCUT2D eigenvalue weighted by Crippen LogP contribution is 2.16. The number of halogens is 1. The van der Waals surface area contributed by atoms with Crippen molar-refractivity contribution in [3.05, 3.63) is 29.3 Å². The predicted molar refractivity (Wildman–Crippen MR) is 89.1 cm³/mol. The molecular weight excluding hydrogens is 314 g/mol. The van der Waals surface area contributed by atoms with Gasteiger partial charge in [-0.2, -0.15) is 0 Å². The summed E-state index contributed by atoms with van der Waals surface area (Å²) in [5.41, 5.74) is 3.16. The van der Waals surface area contributed by atoms with Crippen LogP contribution in [0.5, 0.6) is 0 Å². The molecule has 0 saturated carbocycles. The number of aliphatic hydroxyl groups excluding tert-OH is 1. The van der Waals surface area contributed by atoms with Gasteiger partial charge in [-0.3, -0.25) is 9.69 Å². The van der Waals surface area contributed by atoms with Gasteiger partial charge in [0.05, 0.1) is 6.61 Å². The second kappa shape index (κ2) is 9.88. The van der Waals surface area contributed by atoms with Crippen molar-refractivity contribution in [2.45, 2.75) is 20.3 Å². The Morgan fingerprint density at radius 3 is 2.35 bits per heavy atom. The molecule has 1 aromatic carbocycles. The fraction of sp³-hybridized carbons (Fsp3) is 0.588. The molecule has 1 fully saturated rings. The molecule has 0 bridgehead atoms. The number of aryl methyl sites for hydroxylation is 2. The van der Waals surface area contributed by atoms with Gasteiger partial charge in [-0.15, -0.1) is 0 Å². The van der Waals surface area contributed by atoms with Gasteiger partial charge in [0.15, 0.2) is 0 Å². The molecule has 0 radical (unpaired) electrons. The van der Waals surface area contributed by atoms with Crippen LogP contribution < -0.4 is 17.7 Å². The number of anilines is 1. The van der Waals surface area contributed by atoms with Crippen LogP contribution in [0.15, 0.2) is 18.2 Å². The maximum atomic E-state index is 12.1. The van der Waals surface area contributed by atoms with Gasteiger partial charge in [-0.1, -0.05) is 12.1 Å². The van der Waals surface area contributed by atoms with E-state index in [9.17, 15) is 4.79 Å². The second-order valence-corrected chi connectivity index (χ2v) is 6.02. The summed E-state index contributed by atoms with van der Waals surface area (Å²) in [5, 5.41) is 11.9. The van der Waals surface area contributed by atoms with Crippen molar-refractivity contribution in [2.75, 3.05) is 51.2 Å². The fourth-order valence-electron chi connectivity index (χ4n) is 2.72. The molecule has 1 amide bonds. The lowest BCUT2D eigenvalue weighted by molar-refractivity contribution is -0.116. The van der Waals surface area contributed by atoms with Crippen LogP contribution in [0.3, 0.4) is 0 Å². The Morgan fingerprint density at radius 2 is 1.74 bits per heavy atom. The summed E-state index contributed by atoms with van der Waals surface area (Å²) in [7, 11) is 0. The number of nitrogens with zero attached hydrogens (tertiary/aromatic N) is 2. The molecule has 1 aromatic rings. The third-order valence-corrected chi connectivity index (χ3v) is 4.20. The summed E-state index contributed by atoms with van der Waals surface area (Å²) >= 11 is 0. The number of hydrogen-bond acceptors (Lipinski definition) is 4. The molecule has 0 aliphatic carbocycles. The standard InChI is InChI=1S/C17H27N3O2.ClH/c1-14-3-4-15(2)16(13-14)18-17(22)5-6-19-7-9-20(10-8-19)11-12-21;/h3-4,13,21H,5-12H2,1-2H3,(H,18,22);1H/p-1. The fourth-order valence-corrected chi connectivity index (χ4v) is 2.72. The largest absolute Gasteiger partial charge is 1.00 e. The summed E-state index contributed by atoms with van der Waals surface area (Å²) in [6.07, 6.45) is 0.521. The second-order valence-electron chi connectivity index (χ2n) is 6.02. The van der Waals surface area contributed by atoms with Gasteiger partial charge in [-0.25, -0.2) is 0 Å². The summed E-state index contributed by atoms with van der Waals surface area (Å²) in [6, 6.07) is 6.10. The first-order valence-corrected chi connectivity index (χ1v) is 8.01. The number of carbonyl (C=O) groups is 1. The van der Waals surface area contributed by atoms with E-state index >= 15 is 0 Å². The van der Waals surface area contributed by atoms with Crippen molar-refractivity contribution in [1.29, 1.82) is 0 Å². The number of piperazine rings is 1. The first-order chi connectivity index (χ1) is 10.6. The Balaban J connectivity index is 0.00000264. The van der Waals surface area contributed by atoms with E-state index in [4.69, 9.17) is 5.11 Å². The van der Waals surface area contributed by atoms with E-state index in [0.717, 1.165) is 56.1 Å². The highest BCUT2D eigenvalue weighted by molar-refractivity contribution is 5.91. The van der Waals surface area contributed by atoms with Crippen LogP contribution in [0, 0.1) is 13.8 Å². The van der Waals surface area contributed by atoms with Crippen molar-refractivity contribution < 1.29 is 22.3 Å². The first-order valence-electron chi connectivity index (χ1n) is 8.01. The van der Waals surface area contributed by atoms with Crippen LogP contribution in [0.2, 0.25) is 0 Å². The molecule has 2 N–H and O–H groups in total. The van der Waals surface area contributed by atoms with E-state index in [1.54, 1.807) is 0 Å². The van der Waals surface area contributed by atoms with Gasteiger partial charge in [0, 0.05) is 51.4 Å². The van der Waals surface area contributed by atoms with Crippen LogP contribution >= 0.6 is 0 Å². The minimum atomic E-state index is 0. The molecule has 130 valence electrons. The number of hydrogen-bond donors (Lipinski definition) is 2. The van der Waals surface area contributed by atoms with E-state index in [-0.39, 0.29) is 24.9 Å². The summed E-state index contributed by atoms with van der Waals surface area (Å²) in [6.45, 7) is 9.69. The van der Waals surface area contributed by atoms with E-state index in [1.807, 2.05) is 26.0 Å². The lowest BCUT2D eigenvalue weighted by Gasteiger charge is -2.34. The summed E-state index contributed by atoms with van der Waals surface area (Å²) in [4.78, 5) is 16.7. The Morgan fingerprint density at radius 1 is 1.13 bits per heavy atom. The molecule has 0 atom stereocenters. The highest BCUT2D eigenvalue weighted by atomic mass is 35.5. The normalized spacial score (nSPS) is 16.0. The van der Waals surface area contributed by atoms with Crippen LogP contribution in [0.4, 0.5) is 5.69 Å². The lowest BCUT2D eigenvalue weighted by Crippen LogP contribution is -3.00. The van der Waals surface area contributed by atoms with Gasteiger partial charge in [0.25, 0.3) is 0 Å². The Kier molecular flexibility index (Phi) is 8.55. The molecule has 0 aromatic heterocycles. The Bertz CT molecular complexity index is 503. The smallest absolute Gasteiger partial charge is 0.225 e. The van der Waals surface area contributed by atoms with Crippen molar-refractivity contribution in [3.63, 3.8) is 0 Å². The van der Waals surface area contributed by atoms with Gasteiger partial charge in [0.1, 0.15) is 0 Å². The number of aliphatic hydroxyl groups is 1. The third-order valence-electron chi connectivity index (χ3n) is 4.20. The van der Waals surface area contributed by atoms with Crippen LogP contribution in [0.1, 0.15) is 17.5 Å². The zero-order chi connectivity index (χ0) is 15.9. The third kappa shape index (κ3) is 6.47. The molecule has 0 unspecified atom stereocenters. The number of carbonyl (C=O) groups excluding carboxylic acids is 1. The molecule has 1 heterocycles. The quantitative estimate of drug-likeness (QED) is 0.644. The predicted octanol–water partition coefficient (Wildman–Crippen LogP) is -1.75. The van der Waals surface area contributed by atoms with Crippen molar-refractivity contribution in [1.82, 2.24) is 9.80 Å². The van der Waals surface area contributed by atoms with E-state index in [0.29, 0.717) is 6.42 Å². The summed E-state index contributed by atoms with van der Waals surface area (Å²) < 4.78 is 0. The SMILES string of the molecule is Cc1ccc(C)c(NC(=O)CCN2CCN(CCO)CC2)c1.[Cl-]. The van der Waals surface area contributed by atoms with Crippen molar-refractivity contribution in [3.8, 4) is 0 Å². The topological polar surface area (TPSA) is 55.8 Å². The lowest BCUT2D eigenvalue weighted by atomic mass is 10.1. The average molecular weight is 341 g/mol. The molecule has 0 spiro atoms. The van der Waals surface area contributed by atoms with Crippen molar-refractivity contribution in [2.24, 2.45) is 0 Å². The zero-order valence-electron chi connectivity index (χ0n) is 14.0. The van der Waals surface area contributed by atoms with Gasteiger partial charge >= 0.3 is 0 Å². The van der Waals surface area contributed by atoms with E-state index in [2.05, 4.69) is 21.2 Å². The maximum absolute atomic E-state index is 12.1. The van der Waals surface area contributed by atoms with Gasteiger partial charge in [0.2, 0.25) is 5.91 Å². The monoisotopic (exact) mass is 340 g/mol. The number of amides is 1. The number of nitrogens with one attached hydrogen (secondary N) is 1. The summed E-state index contributed by atoms with van der Waals surface area (Å²) in [5.74, 6) is 0.0755. The molecule has 1 saturated heterocycles. The molecule has 6 heteroatoms. The minimum absolute atomic E-state index is 0. The Labute approximate surface area is 145 Å². The molecule has 1 aliphatic heterocycles. The molecule has 23 heavy (non-hydrogen) atoms. The van der Waals surface area contributed by atoms with Crippen LogP contribution in [-0.2, 0) is 4.79 Å². The van der Waals surface area contributed by atoms with Crippen molar-refractivity contribution >= 4 is 11.6 Å². The van der Waals surface area contributed by atoms with Crippen LogP contribution in [-0.4, -0.2) is 66.7 Å². The minimum Gasteiger partial charge on any atom is -1.00 e. The van der Waals surface area contributed by atoms with E-state index < -0.39 is 0 Å². The molecule has 1 aliphatic rings. The zero-order valence-corrected chi connectivity index (χ0v) is 14.8. The number of β-amino-alcohol motifs (C(OH)–C–C–N with tert-alkyl or cyclic N) is 1. The molecule has 2 rings (SSSR count). The average Bonchev–Trinajstić information content (AvgIpc) is 2.51. The van der Waals surface area contributed by atoms with E-state index in [1.165, 1.54) is 0 Å². The van der Waals surface area contributed by atoms with Gasteiger partial charge in [-0.05, 0) is 31.0 Å². The maximum Gasteiger partial charge on any atom is 0.225 e. The molecular formula is C17H27ClN3O2-. The highest BCUT2D eigenvalue weighted by Gasteiger charge is 2.17. The van der Waals surface area contributed by atoms with Gasteiger partial charge < -0.3 is 27.7 Å². The van der Waals surface area contributed by atoms with Crippen LogP contribution in [0.25, 0.3) is 0 Å².